The molecule has 0 radical (unpaired) electrons. The van der Waals surface area contributed by atoms with Crippen molar-refractivity contribution in [3.63, 3.8) is 0 Å². The van der Waals surface area contributed by atoms with Gasteiger partial charge in [-0.25, -0.2) is 0 Å². The smallest absolute Gasteiger partial charge is 0.119 e. The fraction of sp³-hybridized carbons (Fsp3) is 0.385. The van der Waals surface area contributed by atoms with Gasteiger partial charge in [-0.3, -0.25) is 0 Å². The number of ether oxygens (including phenoxy) is 1. The normalized spacial score (nSPS) is 11.1. The highest BCUT2D eigenvalue weighted by molar-refractivity contribution is 5.89. The molecule has 2 rings (SSSR count). The molecule has 0 aliphatic heterocycles. The van der Waals surface area contributed by atoms with Gasteiger partial charge in [-0.2, -0.15) is 0 Å². The highest BCUT2D eigenvalue weighted by atomic mass is 16.5. The number of aromatic nitrogens is 1. The molecular weight excluding hydrogens is 202 g/mol. The zero-order chi connectivity index (χ0) is 11.9. The lowest BCUT2D eigenvalue weighted by molar-refractivity contribution is 0.272. The molecule has 1 N–H and O–H groups in total. The number of rotatable bonds is 2. The standard InChI is InChI=1S/C13H17NO2/c1-8-5-10(16-4)6-11-9(2)12(7-15)14(3)13(8)11/h5-6,15H,7H2,1-4H3. The minimum atomic E-state index is 0.0682. The maximum Gasteiger partial charge on any atom is 0.119 e. The molecule has 1 aromatic heterocycles. The van der Waals surface area contributed by atoms with Gasteiger partial charge in [0.2, 0.25) is 0 Å². The Kier molecular flexibility index (Phi) is 2.64. The van der Waals surface area contributed by atoms with Crippen LogP contribution >= 0.6 is 0 Å². The van der Waals surface area contributed by atoms with E-state index in [0.29, 0.717) is 0 Å². The molecule has 0 atom stereocenters. The lowest BCUT2D eigenvalue weighted by atomic mass is 10.1. The number of aryl methyl sites for hydroxylation is 3. The van der Waals surface area contributed by atoms with Crippen molar-refractivity contribution < 1.29 is 9.84 Å². The van der Waals surface area contributed by atoms with Gasteiger partial charge in [0.15, 0.2) is 0 Å². The average Bonchev–Trinajstić information content (AvgIpc) is 2.51. The monoisotopic (exact) mass is 219 g/mol. The summed E-state index contributed by atoms with van der Waals surface area (Å²) in [6.45, 7) is 4.16. The van der Waals surface area contributed by atoms with Gasteiger partial charge in [-0.1, -0.05) is 0 Å². The molecule has 1 heterocycles. The summed E-state index contributed by atoms with van der Waals surface area (Å²) in [5, 5.41) is 10.5. The fourth-order valence-electron chi connectivity index (χ4n) is 2.36. The van der Waals surface area contributed by atoms with E-state index in [9.17, 15) is 5.11 Å². The largest absolute Gasteiger partial charge is 0.497 e. The summed E-state index contributed by atoms with van der Waals surface area (Å²) in [5.74, 6) is 0.864. The summed E-state index contributed by atoms with van der Waals surface area (Å²) < 4.78 is 7.32. The van der Waals surface area contributed by atoms with Crippen LogP contribution in [-0.4, -0.2) is 16.8 Å². The first-order valence-electron chi connectivity index (χ1n) is 5.33. The minimum absolute atomic E-state index is 0.0682. The lowest BCUT2D eigenvalue weighted by Crippen LogP contribution is -1.97. The maximum atomic E-state index is 9.37. The zero-order valence-electron chi connectivity index (χ0n) is 10.2. The summed E-state index contributed by atoms with van der Waals surface area (Å²) in [5.41, 5.74) is 4.43. The molecule has 1 aromatic carbocycles. The molecule has 0 aliphatic rings. The Bertz CT molecular complexity index is 541. The molecule has 86 valence electrons. The van der Waals surface area contributed by atoms with E-state index < -0.39 is 0 Å². The highest BCUT2D eigenvalue weighted by Crippen LogP contribution is 2.31. The molecule has 16 heavy (non-hydrogen) atoms. The van der Waals surface area contributed by atoms with Crippen LogP contribution in [0.25, 0.3) is 10.9 Å². The van der Waals surface area contributed by atoms with Gasteiger partial charge in [-0.05, 0) is 37.1 Å². The molecule has 0 spiro atoms. The van der Waals surface area contributed by atoms with Crippen LogP contribution in [0.4, 0.5) is 0 Å². The summed E-state index contributed by atoms with van der Waals surface area (Å²) >= 11 is 0. The number of fused-ring (bicyclic) bond motifs is 1. The Labute approximate surface area is 95.3 Å². The third kappa shape index (κ3) is 1.39. The van der Waals surface area contributed by atoms with E-state index in [1.807, 2.05) is 26.1 Å². The number of methoxy groups -OCH3 is 1. The Morgan fingerprint density at radius 3 is 2.56 bits per heavy atom. The van der Waals surface area contributed by atoms with Crippen molar-refractivity contribution in [1.82, 2.24) is 4.57 Å². The summed E-state index contributed by atoms with van der Waals surface area (Å²) in [7, 11) is 3.66. The SMILES string of the molecule is COc1cc(C)c2c(c1)c(C)c(CO)n2C. The van der Waals surface area contributed by atoms with E-state index in [1.54, 1.807) is 7.11 Å². The summed E-state index contributed by atoms with van der Waals surface area (Å²) in [4.78, 5) is 0. The van der Waals surface area contributed by atoms with Crippen molar-refractivity contribution in [1.29, 1.82) is 0 Å². The van der Waals surface area contributed by atoms with Gasteiger partial charge in [0, 0.05) is 18.1 Å². The topological polar surface area (TPSA) is 34.4 Å². The predicted molar refractivity (Wildman–Crippen MR) is 64.9 cm³/mol. The van der Waals surface area contributed by atoms with Gasteiger partial charge in [0.1, 0.15) is 5.75 Å². The molecule has 0 aliphatic carbocycles. The van der Waals surface area contributed by atoms with Crippen LogP contribution in [0.15, 0.2) is 12.1 Å². The lowest BCUT2D eigenvalue weighted by Gasteiger charge is -2.05. The molecule has 0 amide bonds. The summed E-state index contributed by atoms with van der Waals surface area (Å²) in [6.07, 6.45) is 0. The first-order chi connectivity index (χ1) is 7.60. The van der Waals surface area contributed by atoms with Crippen LogP contribution < -0.4 is 4.74 Å². The van der Waals surface area contributed by atoms with Crippen molar-refractivity contribution in [2.24, 2.45) is 7.05 Å². The van der Waals surface area contributed by atoms with Crippen LogP contribution in [-0.2, 0) is 13.7 Å². The Morgan fingerprint density at radius 2 is 2.00 bits per heavy atom. The molecule has 3 heteroatoms. The van der Waals surface area contributed by atoms with Gasteiger partial charge in [-0.15, -0.1) is 0 Å². The molecule has 0 fully saturated rings. The van der Waals surface area contributed by atoms with Crippen LogP contribution in [0.2, 0.25) is 0 Å². The van der Waals surface area contributed by atoms with Crippen LogP contribution in [0.3, 0.4) is 0 Å². The first kappa shape index (κ1) is 11.0. The molecule has 0 bridgehead atoms. The number of aliphatic hydroxyl groups is 1. The molecule has 0 saturated heterocycles. The van der Waals surface area contributed by atoms with E-state index in [0.717, 1.165) is 22.4 Å². The Morgan fingerprint density at radius 1 is 1.31 bits per heavy atom. The second-order valence-electron chi connectivity index (χ2n) is 4.13. The molecule has 0 saturated carbocycles. The second kappa shape index (κ2) is 3.83. The van der Waals surface area contributed by atoms with E-state index in [1.165, 1.54) is 11.1 Å². The van der Waals surface area contributed by atoms with Gasteiger partial charge in [0.05, 0.1) is 19.2 Å². The number of benzene rings is 1. The fourth-order valence-corrected chi connectivity index (χ4v) is 2.36. The quantitative estimate of drug-likeness (QED) is 0.841. The number of aliphatic hydroxyl groups excluding tert-OH is 1. The molecule has 3 nitrogen and oxygen atoms in total. The van der Waals surface area contributed by atoms with Crippen molar-refractivity contribution in [3.05, 3.63) is 29.0 Å². The van der Waals surface area contributed by atoms with Crippen LogP contribution in [0.1, 0.15) is 16.8 Å². The van der Waals surface area contributed by atoms with Crippen molar-refractivity contribution >= 4 is 10.9 Å². The number of hydrogen-bond acceptors (Lipinski definition) is 2. The summed E-state index contributed by atoms with van der Waals surface area (Å²) in [6, 6.07) is 4.04. The second-order valence-corrected chi connectivity index (χ2v) is 4.13. The highest BCUT2D eigenvalue weighted by Gasteiger charge is 2.13. The molecular formula is C13H17NO2. The Balaban J connectivity index is 2.87. The van der Waals surface area contributed by atoms with E-state index in [4.69, 9.17) is 4.74 Å². The van der Waals surface area contributed by atoms with Crippen LogP contribution in [0.5, 0.6) is 5.75 Å². The third-order valence-electron chi connectivity index (χ3n) is 3.24. The number of nitrogens with zero attached hydrogens (tertiary/aromatic N) is 1. The predicted octanol–water partition coefficient (Wildman–Crippen LogP) is 2.30. The first-order valence-corrected chi connectivity index (χ1v) is 5.33. The van der Waals surface area contributed by atoms with E-state index in [-0.39, 0.29) is 6.61 Å². The maximum absolute atomic E-state index is 9.37. The van der Waals surface area contributed by atoms with Gasteiger partial charge in [0.25, 0.3) is 0 Å². The minimum Gasteiger partial charge on any atom is -0.497 e. The average molecular weight is 219 g/mol. The molecule has 0 unspecified atom stereocenters. The van der Waals surface area contributed by atoms with E-state index >= 15 is 0 Å². The van der Waals surface area contributed by atoms with Crippen LogP contribution in [0, 0.1) is 13.8 Å². The van der Waals surface area contributed by atoms with Crippen molar-refractivity contribution in [2.45, 2.75) is 20.5 Å². The van der Waals surface area contributed by atoms with Gasteiger partial charge >= 0.3 is 0 Å². The van der Waals surface area contributed by atoms with Crippen molar-refractivity contribution in [2.75, 3.05) is 7.11 Å². The number of hydrogen-bond donors (Lipinski definition) is 1. The van der Waals surface area contributed by atoms with E-state index in [2.05, 4.69) is 11.5 Å². The van der Waals surface area contributed by atoms with Crippen molar-refractivity contribution in [3.8, 4) is 5.75 Å². The zero-order valence-corrected chi connectivity index (χ0v) is 10.2. The van der Waals surface area contributed by atoms with Gasteiger partial charge < -0.3 is 14.4 Å². The Hall–Kier alpha value is -1.48. The third-order valence-corrected chi connectivity index (χ3v) is 3.24. The molecule has 2 aromatic rings.